The van der Waals surface area contributed by atoms with Crippen molar-refractivity contribution < 1.29 is 13.7 Å². The SMILES string of the molecule is CCn1c(=O)oc2ccc(B3OC(C)(C)C(C)(C)O3)cc21. The van der Waals surface area contributed by atoms with Crippen LogP contribution in [0, 0.1) is 0 Å². The van der Waals surface area contributed by atoms with E-state index in [4.69, 9.17) is 13.7 Å². The van der Waals surface area contributed by atoms with Crippen molar-refractivity contribution in [1.82, 2.24) is 4.57 Å². The van der Waals surface area contributed by atoms with Crippen LogP contribution < -0.4 is 11.2 Å². The molecular formula is C15H20BNO4. The Bertz CT molecular complexity index is 728. The molecule has 0 bridgehead atoms. The zero-order chi connectivity index (χ0) is 15.4. The number of aromatic nitrogens is 1. The second kappa shape index (κ2) is 4.48. The molecule has 0 aliphatic carbocycles. The van der Waals surface area contributed by atoms with Crippen LogP contribution in [0.1, 0.15) is 34.6 Å². The number of nitrogens with zero attached hydrogens (tertiary/aromatic N) is 1. The van der Waals surface area contributed by atoms with Crippen LogP contribution in [0.2, 0.25) is 0 Å². The van der Waals surface area contributed by atoms with E-state index in [9.17, 15) is 4.79 Å². The van der Waals surface area contributed by atoms with Gasteiger partial charge in [-0.25, -0.2) is 4.79 Å². The lowest BCUT2D eigenvalue weighted by Gasteiger charge is -2.32. The van der Waals surface area contributed by atoms with Crippen molar-refractivity contribution in [3.8, 4) is 0 Å². The van der Waals surface area contributed by atoms with Crippen molar-refractivity contribution in [2.24, 2.45) is 0 Å². The summed E-state index contributed by atoms with van der Waals surface area (Å²) in [5, 5.41) is 0. The molecule has 21 heavy (non-hydrogen) atoms. The monoisotopic (exact) mass is 289 g/mol. The molecule has 0 atom stereocenters. The van der Waals surface area contributed by atoms with E-state index in [0.717, 1.165) is 11.0 Å². The minimum absolute atomic E-state index is 0.335. The Hall–Kier alpha value is -1.53. The topological polar surface area (TPSA) is 53.6 Å². The third-order valence-electron chi connectivity index (χ3n) is 4.53. The summed E-state index contributed by atoms with van der Waals surface area (Å²) < 4.78 is 18.9. The first kappa shape index (κ1) is 14.4. The highest BCUT2D eigenvalue weighted by molar-refractivity contribution is 6.62. The van der Waals surface area contributed by atoms with Crippen molar-refractivity contribution in [3.05, 3.63) is 28.7 Å². The second-order valence-electron chi connectivity index (χ2n) is 6.43. The van der Waals surface area contributed by atoms with Crippen LogP contribution in [0.25, 0.3) is 11.1 Å². The first-order chi connectivity index (χ1) is 9.75. The van der Waals surface area contributed by atoms with E-state index in [1.807, 2.05) is 46.8 Å². The Kier molecular flexibility index (Phi) is 3.08. The quantitative estimate of drug-likeness (QED) is 0.792. The number of hydrogen-bond donors (Lipinski definition) is 0. The first-order valence-corrected chi connectivity index (χ1v) is 7.24. The fraction of sp³-hybridized carbons (Fsp3) is 0.533. The van der Waals surface area contributed by atoms with E-state index in [2.05, 4.69) is 0 Å². The third kappa shape index (κ3) is 2.13. The van der Waals surface area contributed by atoms with Gasteiger partial charge >= 0.3 is 12.9 Å². The molecule has 2 aromatic rings. The first-order valence-electron chi connectivity index (χ1n) is 7.24. The molecule has 0 unspecified atom stereocenters. The van der Waals surface area contributed by atoms with Gasteiger partial charge in [-0.2, -0.15) is 0 Å². The van der Waals surface area contributed by atoms with Crippen LogP contribution in [0.3, 0.4) is 0 Å². The Morgan fingerprint density at radius 1 is 1.14 bits per heavy atom. The van der Waals surface area contributed by atoms with Crippen LogP contribution in [-0.4, -0.2) is 22.9 Å². The number of aryl methyl sites for hydroxylation is 1. The molecule has 2 heterocycles. The summed E-state index contributed by atoms with van der Waals surface area (Å²) in [4.78, 5) is 11.7. The molecule has 0 amide bonds. The minimum atomic E-state index is -0.435. The van der Waals surface area contributed by atoms with Gasteiger partial charge in [-0.15, -0.1) is 0 Å². The van der Waals surface area contributed by atoms with E-state index in [-0.39, 0.29) is 17.0 Å². The standard InChI is InChI=1S/C15H20BNO4/c1-6-17-11-9-10(7-8-12(11)19-13(17)18)16-20-14(2,3)15(4,5)21-16/h7-9H,6H2,1-5H3. The Morgan fingerprint density at radius 2 is 1.76 bits per heavy atom. The summed E-state index contributed by atoms with van der Waals surface area (Å²) >= 11 is 0. The van der Waals surface area contributed by atoms with Crippen molar-refractivity contribution >= 4 is 23.7 Å². The summed E-state index contributed by atoms with van der Waals surface area (Å²) in [7, 11) is -0.435. The fourth-order valence-electron chi connectivity index (χ4n) is 2.50. The molecule has 1 aliphatic rings. The molecular weight excluding hydrogens is 269 g/mol. The smallest absolute Gasteiger partial charge is 0.408 e. The Balaban J connectivity index is 2.05. The minimum Gasteiger partial charge on any atom is -0.408 e. The summed E-state index contributed by atoms with van der Waals surface area (Å²) in [6.07, 6.45) is 0. The van der Waals surface area contributed by atoms with Crippen molar-refractivity contribution in [2.75, 3.05) is 0 Å². The molecule has 112 valence electrons. The van der Waals surface area contributed by atoms with E-state index in [1.54, 1.807) is 10.6 Å². The summed E-state index contributed by atoms with van der Waals surface area (Å²) in [5.41, 5.74) is 1.49. The van der Waals surface area contributed by atoms with Crippen LogP contribution in [0.4, 0.5) is 0 Å². The van der Waals surface area contributed by atoms with Gasteiger partial charge in [0.25, 0.3) is 0 Å². The number of benzene rings is 1. The average Bonchev–Trinajstić information content (AvgIpc) is 2.81. The number of hydrogen-bond acceptors (Lipinski definition) is 4. The molecule has 5 nitrogen and oxygen atoms in total. The van der Waals surface area contributed by atoms with Crippen molar-refractivity contribution in [2.45, 2.75) is 52.4 Å². The Morgan fingerprint density at radius 3 is 2.33 bits per heavy atom. The molecule has 0 N–H and O–H groups in total. The predicted molar refractivity (Wildman–Crippen MR) is 81.9 cm³/mol. The van der Waals surface area contributed by atoms with Gasteiger partial charge in [0.15, 0.2) is 5.58 Å². The number of fused-ring (bicyclic) bond motifs is 1. The molecule has 0 spiro atoms. The zero-order valence-electron chi connectivity index (χ0n) is 13.1. The lowest BCUT2D eigenvalue weighted by Crippen LogP contribution is -2.41. The molecule has 0 radical (unpaired) electrons. The van der Waals surface area contributed by atoms with Crippen LogP contribution in [-0.2, 0) is 15.9 Å². The second-order valence-corrected chi connectivity index (χ2v) is 6.43. The third-order valence-corrected chi connectivity index (χ3v) is 4.53. The summed E-state index contributed by atoms with van der Waals surface area (Å²) in [6, 6.07) is 5.59. The number of rotatable bonds is 2. The zero-order valence-corrected chi connectivity index (χ0v) is 13.1. The van der Waals surface area contributed by atoms with Gasteiger partial charge in [-0.3, -0.25) is 4.57 Å². The largest absolute Gasteiger partial charge is 0.494 e. The molecule has 1 fully saturated rings. The molecule has 0 saturated carbocycles. The van der Waals surface area contributed by atoms with Gasteiger partial charge in [0.1, 0.15) is 0 Å². The van der Waals surface area contributed by atoms with E-state index in [0.29, 0.717) is 12.1 Å². The van der Waals surface area contributed by atoms with Gasteiger partial charge in [0, 0.05) is 6.54 Å². The van der Waals surface area contributed by atoms with E-state index < -0.39 is 7.12 Å². The van der Waals surface area contributed by atoms with E-state index in [1.165, 1.54) is 0 Å². The molecule has 1 aromatic heterocycles. The molecule has 1 saturated heterocycles. The highest BCUT2D eigenvalue weighted by Crippen LogP contribution is 2.36. The molecule has 6 heteroatoms. The summed E-state index contributed by atoms with van der Waals surface area (Å²) in [5.74, 6) is -0.335. The van der Waals surface area contributed by atoms with Gasteiger partial charge in [0.2, 0.25) is 0 Å². The number of oxazole rings is 1. The maximum absolute atomic E-state index is 11.7. The molecule has 1 aromatic carbocycles. The van der Waals surface area contributed by atoms with Crippen molar-refractivity contribution in [3.63, 3.8) is 0 Å². The molecule has 1 aliphatic heterocycles. The highest BCUT2D eigenvalue weighted by atomic mass is 16.7. The lowest BCUT2D eigenvalue weighted by molar-refractivity contribution is 0.00578. The normalized spacial score (nSPS) is 20.3. The van der Waals surface area contributed by atoms with Crippen LogP contribution in [0.15, 0.2) is 27.4 Å². The van der Waals surface area contributed by atoms with Crippen LogP contribution >= 0.6 is 0 Å². The Labute approximate surface area is 124 Å². The maximum atomic E-state index is 11.7. The lowest BCUT2D eigenvalue weighted by atomic mass is 9.79. The summed E-state index contributed by atoms with van der Waals surface area (Å²) in [6.45, 7) is 10.6. The maximum Gasteiger partial charge on any atom is 0.494 e. The van der Waals surface area contributed by atoms with Gasteiger partial charge in [-0.1, -0.05) is 6.07 Å². The molecule has 3 rings (SSSR count). The van der Waals surface area contributed by atoms with E-state index >= 15 is 0 Å². The average molecular weight is 289 g/mol. The van der Waals surface area contributed by atoms with Gasteiger partial charge in [-0.05, 0) is 52.2 Å². The van der Waals surface area contributed by atoms with Gasteiger partial charge < -0.3 is 13.7 Å². The fourth-order valence-corrected chi connectivity index (χ4v) is 2.50. The predicted octanol–water partition coefficient (Wildman–Crippen LogP) is 1.91. The van der Waals surface area contributed by atoms with Crippen LogP contribution in [0.5, 0.6) is 0 Å². The van der Waals surface area contributed by atoms with Crippen molar-refractivity contribution in [1.29, 1.82) is 0 Å². The highest BCUT2D eigenvalue weighted by Gasteiger charge is 2.51. The van der Waals surface area contributed by atoms with Gasteiger partial charge in [0.05, 0.1) is 16.7 Å².